The molecule has 8 heteroatoms. The van der Waals surface area contributed by atoms with Crippen molar-refractivity contribution in [3.63, 3.8) is 0 Å². The third kappa shape index (κ3) is 2.01. The van der Waals surface area contributed by atoms with E-state index in [9.17, 15) is 13.6 Å². The van der Waals surface area contributed by atoms with E-state index in [0.717, 1.165) is 16.0 Å². The fraction of sp³-hybridized carbons (Fsp3) is 0.375. The molecule has 0 aromatic carbocycles. The Labute approximate surface area is 93.0 Å². The summed E-state index contributed by atoms with van der Waals surface area (Å²) < 4.78 is 26.8. The molecule has 0 saturated heterocycles. The van der Waals surface area contributed by atoms with E-state index in [1.165, 1.54) is 12.4 Å². The molecule has 0 bridgehead atoms. The summed E-state index contributed by atoms with van der Waals surface area (Å²) in [6.07, 6.45) is 2.44. The fourth-order valence-corrected chi connectivity index (χ4v) is 1.89. The molecule has 0 spiro atoms. The maximum atomic E-state index is 12.5. The number of hydrogen-bond donors (Lipinski definition) is 0. The first-order chi connectivity index (χ1) is 7.58. The summed E-state index contributed by atoms with van der Waals surface area (Å²) in [4.78, 5) is 14.8. The molecule has 0 saturated carbocycles. The monoisotopic (exact) mass is 246 g/mol. The standard InChI is InChI=1S/C8H8F2N4OS/c1-5-12-14(8(15)16-5)4-6-11-2-3-13(6)7(9)10/h2-3,7H,4H2,1H3. The molecule has 2 heterocycles. The van der Waals surface area contributed by atoms with Gasteiger partial charge in [0, 0.05) is 12.4 Å². The van der Waals surface area contributed by atoms with Gasteiger partial charge in [-0.25, -0.2) is 9.67 Å². The van der Waals surface area contributed by atoms with Crippen LogP contribution in [0, 0.1) is 6.92 Å². The Morgan fingerprint density at radius 1 is 1.56 bits per heavy atom. The minimum absolute atomic E-state index is 0.0412. The van der Waals surface area contributed by atoms with Gasteiger partial charge in [0.2, 0.25) is 0 Å². The SMILES string of the molecule is Cc1nn(Cc2nccn2C(F)F)c(=O)s1. The Bertz CT molecular complexity index is 544. The summed E-state index contributed by atoms with van der Waals surface area (Å²) in [5.74, 6) is 0.113. The molecule has 0 aliphatic carbocycles. The van der Waals surface area contributed by atoms with Crippen molar-refractivity contribution >= 4 is 11.3 Å². The zero-order chi connectivity index (χ0) is 11.7. The number of aryl methyl sites for hydroxylation is 1. The zero-order valence-corrected chi connectivity index (χ0v) is 9.12. The van der Waals surface area contributed by atoms with E-state index in [4.69, 9.17) is 0 Å². The molecule has 2 rings (SSSR count). The lowest BCUT2D eigenvalue weighted by Gasteiger charge is -2.05. The van der Waals surface area contributed by atoms with Gasteiger partial charge in [-0.1, -0.05) is 11.3 Å². The van der Waals surface area contributed by atoms with Gasteiger partial charge >= 0.3 is 11.4 Å². The van der Waals surface area contributed by atoms with Gasteiger partial charge < -0.3 is 0 Å². The third-order valence-electron chi connectivity index (χ3n) is 1.96. The molecule has 0 N–H and O–H groups in total. The van der Waals surface area contributed by atoms with Crippen LogP contribution >= 0.6 is 11.3 Å². The fourth-order valence-electron chi connectivity index (χ4n) is 1.29. The highest BCUT2D eigenvalue weighted by Gasteiger charge is 2.13. The second-order valence-electron chi connectivity index (χ2n) is 3.07. The number of rotatable bonds is 3. The number of alkyl halides is 2. The van der Waals surface area contributed by atoms with Gasteiger partial charge in [0.15, 0.2) is 0 Å². The maximum absolute atomic E-state index is 12.5. The van der Waals surface area contributed by atoms with Gasteiger partial charge in [-0.3, -0.25) is 9.36 Å². The van der Waals surface area contributed by atoms with Crippen molar-refractivity contribution in [3.05, 3.63) is 32.9 Å². The van der Waals surface area contributed by atoms with Gasteiger partial charge in [-0.05, 0) is 6.92 Å². The van der Waals surface area contributed by atoms with Crippen molar-refractivity contribution in [2.24, 2.45) is 0 Å². The highest BCUT2D eigenvalue weighted by molar-refractivity contribution is 7.08. The van der Waals surface area contributed by atoms with E-state index >= 15 is 0 Å². The van der Waals surface area contributed by atoms with E-state index in [1.54, 1.807) is 6.92 Å². The maximum Gasteiger partial charge on any atom is 0.325 e. The van der Waals surface area contributed by atoms with E-state index in [0.29, 0.717) is 9.57 Å². The van der Waals surface area contributed by atoms with Crippen LogP contribution in [0.4, 0.5) is 8.78 Å². The van der Waals surface area contributed by atoms with Crippen LogP contribution in [0.25, 0.3) is 0 Å². The molecule has 0 fully saturated rings. The topological polar surface area (TPSA) is 52.7 Å². The quantitative estimate of drug-likeness (QED) is 0.819. The highest BCUT2D eigenvalue weighted by Crippen LogP contribution is 2.12. The Hall–Kier alpha value is -1.57. The molecule has 0 aliphatic heterocycles. The van der Waals surface area contributed by atoms with Crippen LogP contribution in [0.3, 0.4) is 0 Å². The molecule has 5 nitrogen and oxygen atoms in total. The van der Waals surface area contributed by atoms with Crippen LogP contribution in [-0.4, -0.2) is 19.3 Å². The van der Waals surface area contributed by atoms with Crippen LogP contribution in [0.15, 0.2) is 17.2 Å². The molecule has 0 aliphatic rings. The number of hydrogen-bond acceptors (Lipinski definition) is 4. The second-order valence-corrected chi connectivity index (χ2v) is 4.22. The molecular formula is C8H8F2N4OS. The predicted octanol–water partition coefficient (Wildman–Crippen LogP) is 1.25. The molecule has 86 valence electrons. The normalized spacial score (nSPS) is 11.2. The Kier molecular flexibility index (Phi) is 2.82. The van der Waals surface area contributed by atoms with Crippen molar-refractivity contribution in [1.82, 2.24) is 19.3 Å². The first-order valence-electron chi connectivity index (χ1n) is 4.42. The summed E-state index contributed by atoms with van der Waals surface area (Å²) in [5, 5.41) is 4.51. The largest absolute Gasteiger partial charge is 0.325 e. The van der Waals surface area contributed by atoms with E-state index in [2.05, 4.69) is 10.1 Å². The van der Waals surface area contributed by atoms with Gasteiger partial charge in [-0.15, -0.1) is 0 Å². The number of halogens is 2. The highest BCUT2D eigenvalue weighted by atomic mass is 32.1. The number of nitrogens with zero attached hydrogens (tertiary/aromatic N) is 4. The van der Waals surface area contributed by atoms with Gasteiger partial charge in [-0.2, -0.15) is 13.9 Å². The van der Waals surface area contributed by atoms with Crippen molar-refractivity contribution < 1.29 is 8.78 Å². The minimum atomic E-state index is -2.66. The number of aromatic nitrogens is 4. The molecule has 0 amide bonds. The van der Waals surface area contributed by atoms with Crippen LogP contribution < -0.4 is 4.87 Å². The number of imidazole rings is 1. The zero-order valence-electron chi connectivity index (χ0n) is 8.30. The third-order valence-corrected chi connectivity index (χ3v) is 2.72. The van der Waals surface area contributed by atoms with Crippen LogP contribution in [0.5, 0.6) is 0 Å². The summed E-state index contributed by atoms with van der Waals surface area (Å²) in [6, 6.07) is 0. The molecule has 0 unspecified atom stereocenters. The Morgan fingerprint density at radius 2 is 2.31 bits per heavy atom. The minimum Gasteiger partial charge on any atom is -0.276 e. The van der Waals surface area contributed by atoms with E-state index in [-0.39, 0.29) is 17.2 Å². The molecular weight excluding hydrogens is 238 g/mol. The van der Waals surface area contributed by atoms with E-state index < -0.39 is 6.55 Å². The second kappa shape index (κ2) is 4.12. The van der Waals surface area contributed by atoms with Crippen molar-refractivity contribution in [2.75, 3.05) is 0 Å². The van der Waals surface area contributed by atoms with Crippen LogP contribution in [0.2, 0.25) is 0 Å². The summed E-state index contributed by atoms with van der Waals surface area (Å²) in [6.45, 7) is -1.02. The molecule has 2 aromatic rings. The van der Waals surface area contributed by atoms with Crippen LogP contribution in [0.1, 0.15) is 17.4 Å². The Morgan fingerprint density at radius 3 is 2.88 bits per heavy atom. The summed E-state index contributed by atoms with van der Waals surface area (Å²) in [5.41, 5.74) is 0. The lowest BCUT2D eigenvalue weighted by molar-refractivity contribution is 0.0665. The van der Waals surface area contributed by atoms with Gasteiger partial charge in [0.1, 0.15) is 17.4 Å². The molecule has 0 atom stereocenters. The van der Waals surface area contributed by atoms with Crippen molar-refractivity contribution in [3.8, 4) is 0 Å². The summed E-state index contributed by atoms with van der Waals surface area (Å²) in [7, 11) is 0. The molecule has 16 heavy (non-hydrogen) atoms. The van der Waals surface area contributed by atoms with Crippen molar-refractivity contribution in [1.29, 1.82) is 0 Å². The van der Waals surface area contributed by atoms with Crippen molar-refractivity contribution in [2.45, 2.75) is 20.0 Å². The van der Waals surface area contributed by atoms with Gasteiger partial charge in [0.05, 0.1) is 0 Å². The lowest BCUT2D eigenvalue weighted by Crippen LogP contribution is -2.18. The smallest absolute Gasteiger partial charge is 0.276 e. The lowest BCUT2D eigenvalue weighted by atomic mass is 10.6. The van der Waals surface area contributed by atoms with E-state index in [1.807, 2.05) is 0 Å². The summed E-state index contributed by atoms with van der Waals surface area (Å²) >= 11 is 0.977. The first kappa shape index (κ1) is 10.9. The predicted molar refractivity (Wildman–Crippen MR) is 53.7 cm³/mol. The van der Waals surface area contributed by atoms with Gasteiger partial charge in [0.25, 0.3) is 0 Å². The first-order valence-corrected chi connectivity index (χ1v) is 5.24. The Balaban J connectivity index is 2.30. The average molecular weight is 246 g/mol. The van der Waals surface area contributed by atoms with Crippen LogP contribution in [-0.2, 0) is 6.54 Å². The molecule has 2 aromatic heterocycles. The molecule has 0 radical (unpaired) electrons. The average Bonchev–Trinajstić information content (AvgIpc) is 2.75.